The number of fused-ring (bicyclic) bond motifs is 2. The minimum absolute atomic E-state index is 0.00947. The standard InChI is InChI=1S/C26H32F2N2O4S/c1-5-35(32,33)29-24-18-12-20(13-18)30(25(31)34-26(2,3)4)22(24)14-17-11-19(27)15-21(23(17)28)16-9-7-6-8-10-16/h6-11,15,18,20,22,24,29H,5,12-14H2,1-4H3. The molecule has 2 heterocycles. The molecule has 3 aliphatic rings. The van der Waals surface area contributed by atoms with Crippen molar-refractivity contribution in [3.05, 3.63) is 59.7 Å². The molecule has 1 amide bonds. The average molecular weight is 507 g/mol. The molecule has 9 heteroatoms. The Kier molecular flexibility index (Phi) is 6.94. The van der Waals surface area contributed by atoms with Gasteiger partial charge < -0.3 is 9.64 Å². The number of hydrogen-bond acceptors (Lipinski definition) is 4. The molecule has 0 radical (unpaired) electrons. The van der Waals surface area contributed by atoms with Gasteiger partial charge in [-0.2, -0.15) is 0 Å². The van der Waals surface area contributed by atoms with Gasteiger partial charge in [0, 0.05) is 17.6 Å². The van der Waals surface area contributed by atoms with Crippen molar-refractivity contribution < 1.29 is 26.7 Å². The van der Waals surface area contributed by atoms with E-state index in [4.69, 9.17) is 4.74 Å². The minimum atomic E-state index is -3.60. The molecule has 190 valence electrons. The molecule has 0 spiro atoms. The van der Waals surface area contributed by atoms with Gasteiger partial charge in [-0.3, -0.25) is 0 Å². The van der Waals surface area contributed by atoms with Crippen LogP contribution in [0.1, 0.15) is 46.1 Å². The maximum atomic E-state index is 15.7. The van der Waals surface area contributed by atoms with E-state index < -0.39 is 45.4 Å². The molecule has 2 unspecified atom stereocenters. The van der Waals surface area contributed by atoms with E-state index in [2.05, 4.69) is 4.72 Å². The maximum absolute atomic E-state index is 15.7. The first-order chi connectivity index (χ1) is 16.4. The summed E-state index contributed by atoms with van der Waals surface area (Å²) in [5.74, 6) is -1.30. The van der Waals surface area contributed by atoms with Crippen molar-refractivity contribution in [2.75, 3.05) is 5.75 Å². The third-order valence-electron chi connectivity index (χ3n) is 6.75. The van der Waals surface area contributed by atoms with Gasteiger partial charge in [0.1, 0.15) is 17.2 Å². The molecular formula is C26H32F2N2O4S. The molecule has 2 aliphatic heterocycles. The Morgan fingerprint density at radius 3 is 2.40 bits per heavy atom. The third kappa shape index (κ3) is 5.51. The van der Waals surface area contributed by atoms with Crippen LogP contribution in [0.5, 0.6) is 0 Å². The lowest BCUT2D eigenvalue weighted by Crippen LogP contribution is -2.70. The summed E-state index contributed by atoms with van der Waals surface area (Å²) in [5, 5.41) is 0. The molecule has 2 aromatic carbocycles. The van der Waals surface area contributed by atoms with E-state index in [1.165, 1.54) is 6.92 Å². The zero-order chi connectivity index (χ0) is 25.5. The molecule has 0 aromatic heterocycles. The van der Waals surface area contributed by atoms with Gasteiger partial charge in [-0.1, -0.05) is 30.3 Å². The fraction of sp³-hybridized carbons (Fsp3) is 0.500. The second kappa shape index (κ2) is 9.50. The zero-order valence-electron chi connectivity index (χ0n) is 20.4. The molecule has 1 N–H and O–H groups in total. The van der Waals surface area contributed by atoms with Crippen LogP contribution >= 0.6 is 0 Å². The summed E-state index contributed by atoms with van der Waals surface area (Å²) in [5.41, 5.74) is -0.0180. The van der Waals surface area contributed by atoms with E-state index in [0.29, 0.717) is 18.4 Å². The van der Waals surface area contributed by atoms with Crippen molar-refractivity contribution in [1.82, 2.24) is 9.62 Å². The van der Waals surface area contributed by atoms with Crippen LogP contribution in [-0.2, 0) is 21.2 Å². The number of ether oxygens (including phenoxy) is 1. The number of nitrogens with one attached hydrogen (secondary N) is 1. The van der Waals surface area contributed by atoms with Gasteiger partial charge in [0.2, 0.25) is 10.0 Å². The van der Waals surface area contributed by atoms with Gasteiger partial charge in [-0.05, 0) is 76.1 Å². The number of benzene rings is 2. The number of amides is 1. The Balaban J connectivity index is 1.74. The summed E-state index contributed by atoms with van der Waals surface area (Å²) in [6.45, 7) is 6.79. The quantitative estimate of drug-likeness (QED) is 0.606. The molecule has 2 bridgehead atoms. The molecular weight excluding hydrogens is 474 g/mol. The average Bonchev–Trinajstić information content (AvgIpc) is 2.75. The van der Waals surface area contributed by atoms with Crippen LogP contribution in [0.4, 0.5) is 13.6 Å². The molecule has 1 aliphatic carbocycles. The van der Waals surface area contributed by atoms with Crippen molar-refractivity contribution in [1.29, 1.82) is 0 Å². The number of carbonyl (C=O) groups excluding carboxylic acids is 1. The van der Waals surface area contributed by atoms with Crippen LogP contribution in [0.25, 0.3) is 11.1 Å². The second-order valence-electron chi connectivity index (χ2n) is 10.4. The van der Waals surface area contributed by atoms with Crippen LogP contribution in [0.3, 0.4) is 0 Å². The number of carbonyl (C=O) groups is 1. The Bertz CT molecular complexity index is 1190. The van der Waals surface area contributed by atoms with E-state index in [0.717, 1.165) is 12.1 Å². The summed E-state index contributed by atoms with van der Waals surface area (Å²) < 4.78 is 63.7. The van der Waals surface area contributed by atoms with Crippen molar-refractivity contribution in [2.45, 2.75) is 70.7 Å². The Hall–Kier alpha value is -2.52. The van der Waals surface area contributed by atoms with Crippen LogP contribution in [0.2, 0.25) is 0 Å². The van der Waals surface area contributed by atoms with Crippen molar-refractivity contribution >= 4 is 16.1 Å². The zero-order valence-corrected chi connectivity index (χ0v) is 21.2. The highest BCUT2D eigenvalue weighted by Gasteiger charge is 2.54. The number of halogens is 2. The lowest BCUT2D eigenvalue weighted by molar-refractivity contribution is -0.0652. The van der Waals surface area contributed by atoms with Gasteiger partial charge in [0.25, 0.3) is 0 Å². The van der Waals surface area contributed by atoms with E-state index in [-0.39, 0.29) is 35.3 Å². The first-order valence-electron chi connectivity index (χ1n) is 11.9. The van der Waals surface area contributed by atoms with Crippen molar-refractivity contribution in [3.8, 4) is 11.1 Å². The highest BCUT2D eigenvalue weighted by Crippen LogP contribution is 2.45. The first-order valence-corrected chi connectivity index (χ1v) is 13.6. The fourth-order valence-electron chi connectivity index (χ4n) is 5.05. The lowest BCUT2D eigenvalue weighted by Gasteiger charge is -2.57. The number of piperidine rings is 2. The first kappa shape index (κ1) is 25.6. The van der Waals surface area contributed by atoms with Crippen LogP contribution in [-0.4, -0.2) is 48.9 Å². The minimum Gasteiger partial charge on any atom is -0.444 e. The lowest BCUT2D eigenvalue weighted by atomic mass is 9.67. The Morgan fingerprint density at radius 2 is 1.80 bits per heavy atom. The second-order valence-corrected chi connectivity index (χ2v) is 12.4. The summed E-state index contributed by atoms with van der Waals surface area (Å²) in [4.78, 5) is 14.8. The number of nitrogens with zero attached hydrogens (tertiary/aromatic N) is 1. The van der Waals surface area contributed by atoms with E-state index in [1.54, 1.807) is 56.0 Å². The summed E-state index contributed by atoms with van der Waals surface area (Å²) >= 11 is 0. The van der Waals surface area contributed by atoms with Crippen LogP contribution in [0.15, 0.2) is 42.5 Å². The SMILES string of the molecule is CCS(=O)(=O)NC1C2CC(C2)N(C(=O)OC(C)(C)C)C1Cc1cc(F)cc(-c2ccccc2)c1F. The highest BCUT2D eigenvalue weighted by molar-refractivity contribution is 7.89. The topological polar surface area (TPSA) is 75.7 Å². The molecule has 3 fully saturated rings. The van der Waals surface area contributed by atoms with E-state index in [9.17, 15) is 17.6 Å². The number of sulfonamides is 1. The largest absolute Gasteiger partial charge is 0.444 e. The summed E-state index contributed by atoms with van der Waals surface area (Å²) in [7, 11) is -3.60. The Labute approximate surface area is 205 Å². The molecule has 1 saturated carbocycles. The number of hydrogen-bond donors (Lipinski definition) is 1. The third-order valence-corrected chi connectivity index (χ3v) is 8.14. The summed E-state index contributed by atoms with van der Waals surface area (Å²) in [6.07, 6.45) is 0.639. The monoisotopic (exact) mass is 506 g/mol. The fourth-order valence-corrected chi connectivity index (χ4v) is 5.98. The predicted octanol–water partition coefficient (Wildman–Crippen LogP) is 4.88. The van der Waals surface area contributed by atoms with Gasteiger partial charge in [-0.25, -0.2) is 26.7 Å². The van der Waals surface area contributed by atoms with E-state index in [1.807, 2.05) is 0 Å². The van der Waals surface area contributed by atoms with Crippen LogP contribution in [0, 0.1) is 17.6 Å². The normalized spacial score (nSPS) is 24.1. The molecule has 6 nitrogen and oxygen atoms in total. The predicted molar refractivity (Wildman–Crippen MR) is 130 cm³/mol. The molecule has 2 saturated heterocycles. The number of rotatable bonds is 6. The molecule has 2 aromatic rings. The van der Waals surface area contributed by atoms with E-state index >= 15 is 4.39 Å². The van der Waals surface area contributed by atoms with Crippen molar-refractivity contribution in [3.63, 3.8) is 0 Å². The van der Waals surface area contributed by atoms with Gasteiger partial charge in [-0.15, -0.1) is 0 Å². The molecule has 2 atom stereocenters. The van der Waals surface area contributed by atoms with Crippen LogP contribution < -0.4 is 4.72 Å². The Morgan fingerprint density at radius 1 is 1.14 bits per heavy atom. The van der Waals surface area contributed by atoms with Gasteiger partial charge in [0.05, 0.1) is 11.8 Å². The van der Waals surface area contributed by atoms with Gasteiger partial charge >= 0.3 is 6.09 Å². The van der Waals surface area contributed by atoms with Crippen molar-refractivity contribution in [2.24, 2.45) is 5.92 Å². The van der Waals surface area contributed by atoms with Gasteiger partial charge in [0.15, 0.2) is 0 Å². The smallest absolute Gasteiger partial charge is 0.410 e. The molecule has 5 rings (SSSR count). The highest BCUT2D eigenvalue weighted by atomic mass is 32.2. The molecule has 35 heavy (non-hydrogen) atoms. The summed E-state index contributed by atoms with van der Waals surface area (Å²) in [6, 6.07) is 9.47. The maximum Gasteiger partial charge on any atom is 0.410 e.